The van der Waals surface area contributed by atoms with Gasteiger partial charge in [0, 0.05) is 6.04 Å². The van der Waals surface area contributed by atoms with E-state index >= 15 is 0 Å². The number of benzene rings is 2. The SMILES string of the molecule is Cc1ccc2c(c1)[C@@H](N1CC(C(=O)N[C@H]3CC[C@@H](c4ccccc4)CC3)=C(O)C1=O)CC2. The summed E-state index contributed by atoms with van der Waals surface area (Å²) in [5.41, 5.74) is 5.12. The van der Waals surface area contributed by atoms with Gasteiger partial charge in [0.15, 0.2) is 5.76 Å². The second-order valence-corrected chi connectivity index (χ2v) is 9.45. The van der Waals surface area contributed by atoms with Gasteiger partial charge in [-0.25, -0.2) is 0 Å². The van der Waals surface area contributed by atoms with Crippen LogP contribution in [0.15, 0.2) is 59.9 Å². The van der Waals surface area contributed by atoms with E-state index in [9.17, 15) is 14.7 Å². The van der Waals surface area contributed by atoms with Gasteiger partial charge in [-0.2, -0.15) is 0 Å². The molecule has 0 aromatic heterocycles. The molecule has 0 radical (unpaired) electrons. The molecule has 0 spiro atoms. The van der Waals surface area contributed by atoms with E-state index in [-0.39, 0.29) is 35.9 Å². The zero-order chi connectivity index (χ0) is 22.2. The number of aryl methyl sites for hydroxylation is 2. The van der Waals surface area contributed by atoms with Crippen molar-refractivity contribution in [1.82, 2.24) is 10.2 Å². The van der Waals surface area contributed by atoms with Crippen molar-refractivity contribution < 1.29 is 14.7 Å². The van der Waals surface area contributed by atoms with Crippen molar-refractivity contribution in [1.29, 1.82) is 0 Å². The first kappa shape index (κ1) is 20.8. The Balaban J connectivity index is 1.22. The predicted octanol–water partition coefficient (Wildman–Crippen LogP) is 4.48. The minimum Gasteiger partial charge on any atom is -0.503 e. The number of fused-ring (bicyclic) bond motifs is 1. The number of nitrogens with one attached hydrogen (secondary N) is 1. The van der Waals surface area contributed by atoms with Crippen LogP contribution in [0.3, 0.4) is 0 Å². The number of aliphatic hydroxyl groups excluding tert-OH is 1. The number of nitrogens with zero attached hydrogens (tertiary/aromatic N) is 1. The molecule has 0 bridgehead atoms. The third-order valence-corrected chi connectivity index (χ3v) is 7.41. The van der Waals surface area contributed by atoms with Gasteiger partial charge in [0.25, 0.3) is 11.8 Å². The quantitative estimate of drug-likeness (QED) is 0.751. The molecule has 2 N–H and O–H groups in total. The molecule has 1 saturated carbocycles. The standard InChI is InChI=1S/C27H30N2O3/c1-17-7-8-20-11-14-24(22(20)15-17)29-16-23(25(30)27(29)32)26(31)28-21-12-9-19(10-13-21)18-5-3-2-4-6-18/h2-8,15,19,21,24,30H,9-14,16H2,1H3,(H,28,31)/t19-,21+,24-/m0/s1. The van der Waals surface area contributed by atoms with E-state index in [1.165, 1.54) is 11.1 Å². The van der Waals surface area contributed by atoms with Gasteiger partial charge in [0.2, 0.25) is 0 Å². The molecule has 5 nitrogen and oxygen atoms in total. The summed E-state index contributed by atoms with van der Waals surface area (Å²) < 4.78 is 0. The lowest BCUT2D eigenvalue weighted by Crippen LogP contribution is -2.39. The molecule has 1 heterocycles. The number of amides is 2. The van der Waals surface area contributed by atoms with Crippen molar-refractivity contribution in [2.24, 2.45) is 0 Å². The normalized spacial score (nSPS) is 25.2. The van der Waals surface area contributed by atoms with Crippen LogP contribution < -0.4 is 5.32 Å². The molecular formula is C27H30N2O3. The molecule has 5 heteroatoms. The van der Waals surface area contributed by atoms with E-state index in [0.29, 0.717) is 5.92 Å². The Morgan fingerprint density at radius 1 is 1.03 bits per heavy atom. The van der Waals surface area contributed by atoms with Gasteiger partial charge in [0.1, 0.15) is 0 Å². The monoisotopic (exact) mass is 430 g/mol. The first-order valence-electron chi connectivity index (χ1n) is 11.7. The van der Waals surface area contributed by atoms with Crippen molar-refractivity contribution in [2.45, 2.75) is 63.5 Å². The minimum absolute atomic E-state index is 0.0776. The maximum atomic E-state index is 13.0. The van der Waals surface area contributed by atoms with Crippen LogP contribution in [-0.4, -0.2) is 34.4 Å². The zero-order valence-corrected chi connectivity index (χ0v) is 18.5. The number of hydrogen-bond acceptors (Lipinski definition) is 3. The van der Waals surface area contributed by atoms with Gasteiger partial charge in [-0.3, -0.25) is 9.59 Å². The van der Waals surface area contributed by atoms with E-state index in [1.807, 2.05) is 13.0 Å². The molecular weight excluding hydrogens is 400 g/mol. The van der Waals surface area contributed by atoms with E-state index in [2.05, 4.69) is 47.8 Å². The highest BCUT2D eigenvalue weighted by atomic mass is 16.3. The van der Waals surface area contributed by atoms with Gasteiger partial charge in [-0.15, -0.1) is 0 Å². The molecule has 2 amide bonds. The van der Waals surface area contributed by atoms with Crippen LogP contribution in [0.4, 0.5) is 0 Å². The topological polar surface area (TPSA) is 69.6 Å². The summed E-state index contributed by atoms with van der Waals surface area (Å²) in [5.74, 6) is -0.584. The van der Waals surface area contributed by atoms with Crippen LogP contribution in [0.1, 0.15) is 66.3 Å². The average molecular weight is 431 g/mol. The number of hydrogen-bond donors (Lipinski definition) is 2. The number of carbonyl (C=O) groups excluding carboxylic acids is 2. The van der Waals surface area contributed by atoms with Gasteiger partial charge in [-0.1, -0.05) is 54.1 Å². The highest BCUT2D eigenvalue weighted by Gasteiger charge is 2.41. The van der Waals surface area contributed by atoms with Gasteiger partial charge >= 0.3 is 0 Å². The maximum absolute atomic E-state index is 13.0. The summed E-state index contributed by atoms with van der Waals surface area (Å²) in [6.45, 7) is 2.22. The van der Waals surface area contributed by atoms with Crippen LogP contribution in [0.2, 0.25) is 0 Å². The first-order chi connectivity index (χ1) is 15.5. The van der Waals surface area contributed by atoms with Gasteiger partial charge in [0.05, 0.1) is 18.2 Å². The fourth-order valence-electron chi connectivity index (χ4n) is 5.61. The Labute approximate surface area is 189 Å². The van der Waals surface area contributed by atoms with E-state index in [0.717, 1.165) is 49.7 Å². The fraction of sp³-hybridized carbons (Fsp3) is 0.407. The van der Waals surface area contributed by atoms with E-state index in [4.69, 9.17) is 0 Å². The Kier molecular flexibility index (Phi) is 5.50. The molecule has 2 aromatic rings. The van der Waals surface area contributed by atoms with Crippen LogP contribution >= 0.6 is 0 Å². The smallest absolute Gasteiger partial charge is 0.290 e. The molecule has 166 valence electrons. The molecule has 2 aromatic carbocycles. The molecule has 1 aliphatic heterocycles. The average Bonchev–Trinajstić information content (AvgIpc) is 3.35. The van der Waals surface area contributed by atoms with Crippen molar-refractivity contribution >= 4 is 11.8 Å². The highest BCUT2D eigenvalue weighted by Crippen LogP contribution is 2.39. The summed E-state index contributed by atoms with van der Waals surface area (Å²) in [6, 6.07) is 16.9. The molecule has 2 aliphatic carbocycles. The zero-order valence-electron chi connectivity index (χ0n) is 18.5. The Morgan fingerprint density at radius 3 is 2.53 bits per heavy atom. The van der Waals surface area contributed by atoms with Crippen molar-refractivity contribution in [3.63, 3.8) is 0 Å². The molecule has 3 aliphatic rings. The second kappa shape index (κ2) is 8.45. The first-order valence-corrected chi connectivity index (χ1v) is 11.7. The summed E-state index contributed by atoms with van der Waals surface area (Å²) in [6.07, 6.45) is 5.62. The van der Waals surface area contributed by atoms with Crippen molar-refractivity contribution in [2.75, 3.05) is 6.54 Å². The van der Waals surface area contributed by atoms with Crippen LogP contribution in [0, 0.1) is 6.92 Å². The Morgan fingerprint density at radius 2 is 1.78 bits per heavy atom. The third kappa shape index (κ3) is 3.81. The molecule has 5 rings (SSSR count). The van der Waals surface area contributed by atoms with E-state index < -0.39 is 5.91 Å². The van der Waals surface area contributed by atoms with Gasteiger partial charge in [-0.05, 0) is 68.1 Å². The fourth-order valence-corrected chi connectivity index (χ4v) is 5.61. The predicted molar refractivity (Wildman–Crippen MR) is 123 cm³/mol. The molecule has 1 atom stereocenters. The Bertz CT molecular complexity index is 1070. The van der Waals surface area contributed by atoms with Crippen LogP contribution in [0.25, 0.3) is 0 Å². The summed E-state index contributed by atoms with van der Waals surface area (Å²) >= 11 is 0. The molecule has 0 saturated heterocycles. The van der Waals surface area contributed by atoms with E-state index in [1.54, 1.807) is 4.90 Å². The summed E-state index contributed by atoms with van der Waals surface area (Å²) in [7, 11) is 0. The lowest BCUT2D eigenvalue weighted by atomic mass is 9.82. The summed E-state index contributed by atoms with van der Waals surface area (Å²) in [4.78, 5) is 27.5. The van der Waals surface area contributed by atoms with Crippen LogP contribution in [-0.2, 0) is 16.0 Å². The van der Waals surface area contributed by atoms with Crippen molar-refractivity contribution in [3.8, 4) is 0 Å². The molecule has 32 heavy (non-hydrogen) atoms. The highest BCUT2D eigenvalue weighted by molar-refractivity contribution is 6.07. The lowest BCUT2D eigenvalue weighted by Gasteiger charge is -2.29. The molecule has 0 unspecified atom stereocenters. The number of rotatable bonds is 4. The summed E-state index contributed by atoms with van der Waals surface area (Å²) in [5, 5.41) is 13.6. The van der Waals surface area contributed by atoms with Crippen LogP contribution in [0.5, 0.6) is 0 Å². The minimum atomic E-state index is -0.428. The largest absolute Gasteiger partial charge is 0.503 e. The van der Waals surface area contributed by atoms with Gasteiger partial charge < -0.3 is 15.3 Å². The Hall–Kier alpha value is -3.08. The maximum Gasteiger partial charge on any atom is 0.290 e. The third-order valence-electron chi connectivity index (χ3n) is 7.41. The molecule has 1 fully saturated rings. The number of carbonyl (C=O) groups is 2. The lowest BCUT2D eigenvalue weighted by molar-refractivity contribution is -0.130. The second-order valence-electron chi connectivity index (χ2n) is 9.45. The number of aliphatic hydroxyl groups is 1. The van der Waals surface area contributed by atoms with Crippen molar-refractivity contribution in [3.05, 3.63) is 82.1 Å².